The summed E-state index contributed by atoms with van der Waals surface area (Å²) in [6.45, 7) is 1.51. The molecule has 110 valence electrons. The molecule has 0 radical (unpaired) electrons. The minimum absolute atomic E-state index is 0.170. The Labute approximate surface area is 133 Å². The number of rotatable bonds is 4. The summed E-state index contributed by atoms with van der Waals surface area (Å²) in [6, 6.07) is 4.94. The normalized spacial score (nSPS) is 10.3. The number of nitrogens with zero attached hydrogens (tertiary/aromatic N) is 3. The lowest BCUT2D eigenvalue weighted by atomic mass is 10.3. The molecule has 21 heavy (non-hydrogen) atoms. The van der Waals surface area contributed by atoms with Gasteiger partial charge in [0.05, 0.1) is 9.95 Å². The fourth-order valence-corrected chi connectivity index (χ4v) is 2.09. The molecule has 1 heterocycles. The Balaban J connectivity index is 2.54. The number of aryl methyl sites for hydroxylation is 1. The third-order valence-corrected chi connectivity index (χ3v) is 3.34. The molecule has 9 heteroatoms. The van der Waals surface area contributed by atoms with Crippen LogP contribution in [0.25, 0.3) is 0 Å². The lowest BCUT2D eigenvalue weighted by molar-refractivity contribution is -0.386. The molecule has 0 spiro atoms. The molecule has 0 saturated heterocycles. The molecule has 0 aliphatic carbocycles. The second-order valence-corrected chi connectivity index (χ2v) is 5.29. The maximum Gasteiger partial charge on any atom is 0.352 e. The Morgan fingerprint density at radius 2 is 2.14 bits per heavy atom. The van der Waals surface area contributed by atoms with E-state index in [0.29, 0.717) is 5.02 Å². The standard InChI is InChI=1S/C12H10BrClN4O3/c1-6-10(18(19)20)11(17-12(15-2)16-6)21-9-5-7(13)3-4-8(9)14/h3-5H,1-2H3,(H,15,16,17). The molecule has 0 unspecified atom stereocenters. The van der Waals surface area contributed by atoms with Crippen molar-refractivity contribution in [2.24, 2.45) is 0 Å². The van der Waals surface area contributed by atoms with Crippen molar-refractivity contribution in [1.29, 1.82) is 0 Å². The van der Waals surface area contributed by atoms with Crippen molar-refractivity contribution in [3.05, 3.63) is 43.5 Å². The number of benzene rings is 1. The van der Waals surface area contributed by atoms with Crippen LogP contribution >= 0.6 is 27.5 Å². The molecule has 0 bridgehead atoms. The maximum absolute atomic E-state index is 11.2. The van der Waals surface area contributed by atoms with Gasteiger partial charge in [0.15, 0.2) is 0 Å². The van der Waals surface area contributed by atoms with Crippen LogP contribution in [-0.2, 0) is 0 Å². The largest absolute Gasteiger partial charge is 0.432 e. The summed E-state index contributed by atoms with van der Waals surface area (Å²) >= 11 is 9.30. The van der Waals surface area contributed by atoms with E-state index in [-0.39, 0.29) is 29.0 Å². The number of nitro groups is 1. The first-order chi connectivity index (χ1) is 9.92. The van der Waals surface area contributed by atoms with E-state index in [1.165, 1.54) is 6.92 Å². The average Bonchev–Trinajstić information content (AvgIpc) is 2.41. The fourth-order valence-electron chi connectivity index (χ4n) is 1.59. The molecule has 7 nitrogen and oxygen atoms in total. The molecule has 2 aromatic rings. The van der Waals surface area contributed by atoms with Crippen LogP contribution < -0.4 is 10.1 Å². The van der Waals surface area contributed by atoms with Gasteiger partial charge in [-0.05, 0) is 25.1 Å². The minimum Gasteiger partial charge on any atom is -0.432 e. The number of hydrogen-bond donors (Lipinski definition) is 1. The first-order valence-corrected chi connectivity index (χ1v) is 6.93. The first kappa shape index (κ1) is 15.5. The lowest BCUT2D eigenvalue weighted by Crippen LogP contribution is -2.05. The molecular formula is C12H10BrClN4O3. The number of nitrogens with one attached hydrogen (secondary N) is 1. The zero-order valence-corrected chi connectivity index (χ0v) is 13.4. The Bertz CT molecular complexity index is 711. The SMILES string of the molecule is CNc1nc(C)c([N+](=O)[O-])c(Oc2cc(Br)ccc2Cl)n1. The first-order valence-electron chi connectivity index (χ1n) is 5.76. The van der Waals surface area contributed by atoms with Gasteiger partial charge in [-0.3, -0.25) is 10.1 Å². The second kappa shape index (κ2) is 6.23. The van der Waals surface area contributed by atoms with Crippen LogP contribution in [0.4, 0.5) is 11.6 Å². The van der Waals surface area contributed by atoms with E-state index in [4.69, 9.17) is 16.3 Å². The highest BCUT2D eigenvalue weighted by molar-refractivity contribution is 9.10. The smallest absolute Gasteiger partial charge is 0.352 e. The fraction of sp³-hybridized carbons (Fsp3) is 0.167. The van der Waals surface area contributed by atoms with Gasteiger partial charge in [-0.1, -0.05) is 27.5 Å². The van der Waals surface area contributed by atoms with Crippen LogP contribution in [0, 0.1) is 17.0 Å². The van der Waals surface area contributed by atoms with Gasteiger partial charge < -0.3 is 10.1 Å². The van der Waals surface area contributed by atoms with E-state index in [9.17, 15) is 10.1 Å². The van der Waals surface area contributed by atoms with Gasteiger partial charge in [0.2, 0.25) is 5.95 Å². The Morgan fingerprint density at radius 1 is 1.43 bits per heavy atom. The number of halogens is 2. The molecule has 0 fully saturated rings. The minimum atomic E-state index is -0.587. The molecule has 0 atom stereocenters. The topological polar surface area (TPSA) is 90.2 Å². The molecule has 0 saturated carbocycles. The van der Waals surface area contributed by atoms with Crippen molar-refractivity contribution in [2.75, 3.05) is 12.4 Å². The van der Waals surface area contributed by atoms with E-state index in [0.717, 1.165) is 4.47 Å². The van der Waals surface area contributed by atoms with E-state index in [2.05, 4.69) is 31.2 Å². The van der Waals surface area contributed by atoms with E-state index < -0.39 is 4.92 Å². The van der Waals surface area contributed by atoms with Gasteiger partial charge in [0.1, 0.15) is 11.4 Å². The number of anilines is 1. The third kappa shape index (κ3) is 3.40. The van der Waals surface area contributed by atoms with Crippen LogP contribution in [0.2, 0.25) is 5.02 Å². The van der Waals surface area contributed by atoms with Crippen LogP contribution in [0.5, 0.6) is 11.6 Å². The van der Waals surface area contributed by atoms with E-state index in [1.807, 2.05) is 0 Å². The van der Waals surface area contributed by atoms with Gasteiger partial charge in [-0.15, -0.1) is 0 Å². The predicted octanol–water partition coefficient (Wildman–Crippen LogP) is 3.94. The summed E-state index contributed by atoms with van der Waals surface area (Å²) in [7, 11) is 1.61. The Morgan fingerprint density at radius 3 is 2.76 bits per heavy atom. The van der Waals surface area contributed by atoms with Gasteiger partial charge >= 0.3 is 11.6 Å². The summed E-state index contributed by atoms with van der Waals surface area (Å²) in [4.78, 5) is 18.5. The van der Waals surface area contributed by atoms with Crippen molar-refractivity contribution < 1.29 is 9.66 Å². The predicted molar refractivity (Wildman–Crippen MR) is 82.2 cm³/mol. The summed E-state index contributed by atoms with van der Waals surface area (Å²) in [5, 5.41) is 14.2. The van der Waals surface area contributed by atoms with Crippen molar-refractivity contribution in [2.45, 2.75) is 6.92 Å². The highest BCUT2D eigenvalue weighted by Crippen LogP contribution is 2.36. The van der Waals surface area contributed by atoms with Crippen LogP contribution in [0.1, 0.15) is 5.69 Å². The van der Waals surface area contributed by atoms with Crippen molar-refractivity contribution >= 4 is 39.2 Å². The van der Waals surface area contributed by atoms with Crippen molar-refractivity contribution in [1.82, 2.24) is 9.97 Å². The van der Waals surface area contributed by atoms with Crippen molar-refractivity contribution in [3.8, 4) is 11.6 Å². The highest BCUT2D eigenvalue weighted by atomic mass is 79.9. The zero-order valence-electron chi connectivity index (χ0n) is 11.1. The third-order valence-electron chi connectivity index (χ3n) is 2.53. The van der Waals surface area contributed by atoms with Gasteiger partial charge in [0, 0.05) is 11.5 Å². The molecule has 1 aromatic carbocycles. The molecule has 0 aliphatic rings. The molecular weight excluding hydrogens is 364 g/mol. The van der Waals surface area contributed by atoms with Gasteiger partial charge in [-0.25, -0.2) is 4.98 Å². The molecule has 0 amide bonds. The monoisotopic (exact) mass is 372 g/mol. The molecule has 1 aromatic heterocycles. The Hall–Kier alpha value is -1.93. The van der Waals surface area contributed by atoms with E-state index >= 15 is 0 Å². The summed E-state index contributed by atoms with van der Waals surface area (Å²) in [5.41, 5.74) is -0.106. The van der Waals surface area contributed by atoms with Crippen LogP contribution in [0.15, 0.2) is 22.7 Å². The molecule has 0 aliphatic heterocycles. The van der Waals surface area contributed by atoms with Crippen molar-refractivity contribution in [3.63, 3.8) is 0 Å². The summed E-state index contributed by atoms with van der Waals surface area (Å²) < 4.78 is 6.24. The van der Waals surface area contributed by atoms with Crippen LogP contribution in [-0.4, -0.2) is 21.9 Å². The maximum atomic E-state index is 11.2. The van der Waals surface area contributed by atoms with Crippen LogP contribution in [0.3, 0.4) is 0 Å². The molecule has 2 rings (SSSR count). The lowest BCUT2D eigenvalue weighted by Gasteiger charge is -2.10. The van der Waals surface area contributed by atoms with Gasteiger partial charge in [-0.2, -0.15) is 4.98 Å². The number of hydrogen-bond acceptors (Lipinski definition) is 6. The van der Waals surface area contributed by atoms with Gasteiger partial charge in [0.25, 0.3) is 0 Å². The number of ether oxygens (including phenoxy) is 1. The molecule has 1 N–H and O–H groups in total. The zero-order chi connectivity index (χ0) is 15.6. The quantitative estimate of drug-likeness (QED) is 0.645. The summed E-state index contributed by atoms with van der Waals surface area (Å²) in [6.07, 6.45) is 0. The second-order valence-electron chi connectivity index (χ2n) is 3.97. The number of aromatic nitrogens is 2. The highest BCUT2D eigenvalue weighted by Gasteiger charge is 2.24. The van der Waals surface area contributed by atoms with E-state index in [1.54, 1.807) is 25.2 Å². The average molecular weight is 374 g/mol. The Kier molecular flexibility index (Phi) is 4.59. The summed E-state index contributed by atoms with van der Waals surface area (Å²) in [5.74, 6) is 0.311.